The van der Waals surface area contributed by atoms with Gasteiger partial charge in [0.25, 0.3) is 0 Å². The number of carbonyl (C=O) groups is 1. The van der Waals surface area contributed by atoms with Gasteiger partial charge in [0.05, 0.1) is 4.90 Å². The molecule has 0 radical (unpaired) electrons. The van der Waals surface area contributed by atoms with E-state index in [1.54, 1.807) is 12.1 Å². The summed E-state index contributed by atoms with van der Waals surface area (Å²) in [6.45, 7) is -0.150. The van der Waals surface area contributed by atoms with E-state index in [0.717, 1.165) is 10.8 Å². The van der Waals surface area contributed by atoms with Crippen LogP contribution in [-0.2, 0) is 14.8 Å². The minimum atomic E-state index is -3.73. The number of carboxylic acid groups (broad SMARTS) is 1. The first-order valence-electron chi connectivity index (χ1n) is 6.29. The number of aliphatic hydroxyl groups excluding tert-OH is 1. The lowest BCUT2D eigenvalue weighted by Crippen LogP contribution is -2.30. The average molecular weight is 309 g/mol. The third-order valence-corrected chi connectivity index (χ3v) is 4.48. The Labute approximate surface area is 122 Å². The maximum absolute atomic E-state index is 12.1. The number of hydrogen-bond acceptors (Lipinski definition) is 4. The molecular formula is C14H15NO5S. The zero-order chi connectivity index (χ0) is 15.5. The molecular weight excluding hydrogens is 294 g/mol. The summed E-state index contributed by atoms with van der Waals surface area (Å²) in [5.74, 6) is -1.38. The van der Waals surface area contributed by atoms with Gasteiger partial charge in [-0.1, -0.05) is 30.3 Å². The molecule has 1 unspecified atom stereocenters. The summed E-state index contributed by atoms with van der Waals surface area (Å²) >= 11 is 0. The Bertz CT molecular complexity index is 757. The van der Waals surface area contributed by atoms with Crippen molar-refractivity contribution < 1.29 is 23.4 Å². The third-order valence-electron chi connectivity index (χ3n) is 3.03. The predicted octanol–water partition coefficient (Wildman–Crippen LogP) is 0.954. The molecule has 3 N–H and O–H groups in total. The van der Waals surface area contributed by atoms with Crippen molar-refractivity contribution in [2.75, 3.05) is 6.54 Å². The predicted molar refractivity (Wildman–Crippen MR) is 77.4 cm³/mol. The number of nitrogens with one attached hydrogen (secondary N) is 1. The summed E-state index contributed by atoms with van der Waals surface area (Å²) in [4.78, 5) is 10.5. The second kappa shape index (κ2) is 6.21. The molecule has 2 aromatic rings. The van der Waals surface area contributed by atoms with Crippen LogP contribution in [0.4, 0.5) is 0 Å². The van der Waals surface area contributed by atoms with Gasteiger partial charge in [-0.3, -0.25) is 0 Å². The Kier molecular flexibility index (Phi) is 4.56. The van der Waals surface area contributed by atoms with Crippen molar-refractivity contribution in [3.05, 3.63) is 42.5 Å². The van der Waals surface area contributed by atoms with Crippen LogP contribution in [0.3, 0.4) is 0 Å². The Morgan fingerprint density at radius 3 is 2.48 bits per heavy atom. The minimum Gasteiger partial charge on any atom is -0.479 e. The first-order chi connectivity index (χ1) is 9.90. The zero-order valence-corrected chi connectivity index (χ0v) is 11.9. The molecule has 0 saturated carbocycles. The number of fused-ring (bicyclic) bond motifs is 1. The molecule has 7 heteroatoms. The summed E-state index contributed by atoms with van der Waals surface area (Å²) in [5, 5.41) is 19.3. The van der Waals surface area contributed by atoms with E-state index in [-0.39, 0.29) is 17.9 Å². The van der Waals surface area contributed by atoms with Crippen molar-refractivity contribution >= 4 is 26.8 Å². The largest absolute Gasteiger partial charge is 0.479 e. The molecule has 0 spiro atoms. The molecule has 0 bridgehead atoms. The summed E-state index contributed by atoms with van der Waals surface area (Å²) in [5.41, 5.74) is 0. The van der Waals surface area contributed by atoms with E-state index < -0.39 is 22.1 Å². The molecule has 0 amide bonds. The van der Waals surface area contributed by atoms with Crippen molar-refractivity contribution in [3.8, 4) is 0 Å². The zero-order valence-electron chi connectivity index (χ0n) is 11.1. The van der Waals surface area contributed by atoms with Gasteiger partial charge in [-0.2, -0.15) is 0 Å². The monoisotopic (exact) mass is 309 g/mol. The molecule has 0 fully saturated rings. The fourth-order valence-corrected chi connectivity index (χ4v) is 2.95. The lowest BCUT2D eigenvalue weighted by molar-refractivity contribution is -0.146. The fraction of sp³-hybridized carbons (Fsp3) is 0.214. The van der Waals surface area contributed by atoms with Crippen LogP contribution in [0.1, 0.15) is 6.42 Å². The van der Waals surface area contributed by atoms with Gasteiger partial charge in [0.2, 0.25) is 10.0 Å². The lowest BCUT2D eigenvalue weighted by atomic mass is 10.1. The highest BCUT2D eigenvalue weighted by atomic mass is 32.2. The number of rotatable bonds is 6. The highest BCUT2D eigenvalue weighted by molar-refractivity contribution is 7.89. The number of hydrogen-bond donors (Lipinski definition) is 3. The van der Waals surface area contributed by atoms with E-state index in [0.29, 0.717) is 0 Å². The molecule has 0 saturated heterocycles. The van der Waals surface area contributed by atoms with Crippen LogP contribution in [-0.4, -0.2) is 37.2 Å². The highest BCUT2D eigenvalue weighted by Gasteiger charge is 2.17. The van der Waals surface area contributed by atoms with Gasteiger partial charge in [0, 0.05) is 6.54 Å². The standard InChI is InChI=1S/C14H15NO5S/c16-13(14(17)18)7-8-15-21(19,20)12-6-5-10-3-1-2-4-11(10)9-12/h1-6,9,13,15-16H,7-8H2,(H,17,18). The first kappa shape index (κ1) is 15.4. The molecule has 21 heavy (non-hydrogen) atoms. The molecule has 2 aromatic carbocycles. The second-order valence-corrected chi connectivity index (χ2v) is 6.32. The molecule has 0 aliphatic heterocycles. The van der Waals surface area contributed by atoms with Crippen LogP contribution in [0.15, 0.2) is 47.4 Å². The van der Waals surface area contributed by atoms with E-state index in [1.807, 2.05) is 24.3 Å². The molecule has 0 aliphatic carbocycles. The molecule has 112 valence electrons. The summed E-state index contributed by atoms with van der Waals surface area (Å²) < 4.78 is 26.4. The molecule has 6 nitrogen and oxygen atoms in total. The summed E-state index contributed by atoms with van der Waals surface area (Å²) in [6, 6.07) is 12.1. The van der Waals surface area contributed by atoms with Gasteiger partial charge in [-0.15, -0.1) is 0 Å². The van der Waals surface area contributed by atoms with E-state index >= 15 is 0 Å². The Morgan fingerprint density at radius 2 is 1.81 bits per heavy atom. The van der Waals surface area contributed by atoms with E-state index in [4.69, 9.17) is 10.2 Å². The highest BCUT2D eigenvalue weighted by Crippen LogP contribution is 2.18. The molecule has 0 aromatic heterocycles. The smallest absolute Gasteiger partial charge is 0.332 e. The SMILES string of the molecule is O=C(O)C(O)CCNS(=O)(=O)c1ccc2ccccc2c1. The molecule has 0 aliphatic rings. The Hall–Kier alpha value is -1.96. The van der Waals surface area contributed by atoms with Crippen LogP contribution < -0.4 is 4.72 Å². The van der Waals surface area contributed by atoms with E-state index in [1.165, 1.54) is 6.07 Å². The van der Waals surface area contributed by atoms with Gasteiger partial charge in [-0.05, 0) is 29.3 Å². The number of aliphatic hydroxyl groups is 1. The number of carboxylic acids is 1. The average Bonchev–Trinajstić information content (AvgIpc) is 2.46. The number of benzene rings is 2. The Balaban J connectivity index is 2.12. The van der Waals surface area contributed by atoms with Gasteiger partial charge in [-0.25, -0.2) is 17.9 Å². The summed E-state index contributed by atoms with van der Waals surface area (Å²) in [6.07, 6.45) is -1.77. The second-order valence-electron chi connectivity index (χ2n) is 4.55. The maximum Gasteiger partial charge on any atom is 0.332 e. The lowest BCUT2D eigenvalue weighted by Gasteiger charge is -2.09. The first-order valence-corrected chi connectivity index (χ1v) is 7.78. The van der Waals surface area contributed by atoms with Crippen molar-refractivity contribution in [2.24, 2.45) is 0 Å². The summed E-state index contributed by atoms with van der Waals surface area (Å²) in [7, 11) is -3.73. The van der Waals surface area contributed by atoms with Crippen molar-refractivity contribution in [1.29, 1.82) is 0 Å². The topological polar surface area (TPSA) is 104 Å². The minimum absolute atomic E-state index is 0.103. The molecule has 2 rings (SSSR count). The van der Waals surface area contributed by atoms with Crippen LogP contribution in [0.2, 0.25) is 0 Å². The van der Waals surface area contributed by atoms with Gasteiger partial charge in [0.15, 0.2) is 6.10 Å². The molecule has 0 heterocycles. The fourth-order valence-electron chi connectivity index (χ4n) is 1.87. The van der Waals surface area contributed by atoms with E-state index in [2.05, 4.69) is 4.72 Å². The van der Waals surface area contributed by atoms with Gasteiger partial charge < -0.3 is 10.2 Å². The third kappa shape index (κ3) is 3.78. The molecule has 1 atom stereocenters. The van der Waals surface area contributed by atoms with Crippen LogP contribution in [0.25, 0.3) is 10.8 Å². The van der Waals surface area contributed by atoms with Crippen LogP contribution >= 0.6 is 0 Å². The maximum atomic E-state index is 12.1. The van der Waals surface area contributed by atoms with Crippen molar-refractivity contribution in [1.82, 2.24) is 4.72 Å². The van der Waals surface area contributed by atoms with Crippen molar-refractivity contribution in [2.45, 2.75) is 17.4 Å². The number of sulfonamides is 1. The van der Waals surface area contributed by atoms with E-state index in [9.17, 15) is 13.2 Å². The van der Waals surface area contributed by atoms with Gasteiger partial charge >= 0.3 is 5.97 Å². The normalized spacial score (nSPS) is 13.2. The quantitative estimate of drug-likeness (QED) is 0.737. The Morgan fingerprint density at radius 1 is 1.14 bits per heavy atom. The van der Waals surface area contributed by atoms with Crippen LogP contribution in [0.5, 0.6) is 0 Å². The van der Waals surface area contributed by atoms with Crippen molar-refractivity contribution in [3.63, 3.8) is 0 Å². The number of aliphatic carboxylic acids is 1. The van der Waals surface area contributed by atoms with Crippen LogP contribution in [0, 0.1) is 0 Å². The van der Waals surface area contributed by atoms with Gasteiger partial charge in [0.1, 0.15) is 0 Å².